The van der Waals surface area contributed by atoms with Crippen molar-refractivity contribution in [1.29, 1.82) is 0 Å². The van der Waals surface area contributed by atoms with Crippen molar-refractivity contribution in [1.82, 2.24) is 15.2 Å². The van der Waals surface area contributed by atoms with E-state index in [1.165, 1.54) is 0 Å². The van der Waals surface area contributed by atoms with Gasteiger partial charge in [-0.15, -0.1) is 0 Å². The maximum absolute atomic E-state index is 12.2. The molecule has 1 aromatic rings. The second-order valence-corrected chi connectivity index (χ2v) is 4.57. The van der Waals surface area contributed by atoms with E-state index < -0.39 is 0 Å². The van der Waals surface area contributed by atoms with Crippen LogP contribution in [-0.2, 0) is 11.3 Å². The van der Waals surface area contributed by atoms with Crippen LogP contribution in [0, 0.1) is 5.92 Å². The van der Waals surface area contributed by atoms with Gasteiger partial charge in [-0.25, -0.2) is 0 Å². The van der Waals surface area contributed by atoms with Crippen molar-refractivity contribution in [3.8, 4) is 0 Å². The summed E-state index contributed by atoms with van der Waals surface area (Å²) in [5.41, 5.74) is 1.15. The zero-order chi connectivity index (χ0) is 12.1. The molecule has 2 heterocycles. The number of rotatable bonds is 2. The van der Waals surface area contributed by atoms with Gasteiger partial charge in [0.2, 0.25) is 5.91 Å². The summed E-state index contributed by atoms with van der Waals surface area (Å²) in [5, 5.41) is 3.29. The molecule has 0 bridgehead atoms. The fourth-order valence-electron chi connectivity index (χ4n) is 2.09. The van der Waals surface area contributed by atoms with E-state index in [4.69, 9.17) is 0 Å². The fraction of sp³-hybridized carbons (Fsp3) is 0.538. The van der Waals surface area contributed by atoms with Gasteiger partial charge in [-0.05, 0) is 30.7 Å². The lowest BCUT2D eigenvalue weighted by Gasteiger charge is -2.28. The Bertz CT molecular complexity index is 366. The minimum absolute atomic E-state index is 0.0668. The van der Waals surface area contributed by atoms with Crippen LogP contribution >= 0.6 is 0 Å². The highest BCUT2D eigenvalue weighted by Crippen LogP contribution is 2.10. The zero-order valence-corrected chi connectivity index (χ0v) is 10.2. The SMILES string of the molecule is CC1CNCCCN(Cc2ccncc2)C1=O. The van der Waals surface area contributed by atoms with Crippen molar-refractivity contribution in [2.45, 2.75) is 19.9 Å². The molecule has 1 fully saturated rings. The van der Waals surface area contributed by atoms with Crippen LogP contribution in [0.5, 0.6) is 0 Å². The molecule has 1 amide bonds. The van der Waals surface area contributed by atoms with E-state index in [1.807, 2.05) is 24.0 Å². The smallest absolute Gasteiger partial charge is 0.226 e. The normalized spacial score (nSPS) is 22.1. The summed E-state index contributed by atoms with van der Waals surface area (Å²) in [6.07, 6.45) is 4.56. The van der Waals surface area contributed by atoms with Crippen LogP contribution in [-0.4, -0.2) is 35.4 Å². The van der Waals surface area contributed by atoms with Crippen molar-refractivity contribution >= 4 is 5.91 Å². The van der Waals surface area contributed by atoms with Gasteiger partial charge in [-0.1, -0.05) is 6.92 Å². The Morgan fingerprint density at radius 3 is 3.00 bits per heavy atom. The number of aromatic nitrogens is 1. The van der Waals surface area contributed by atoms with Crippen LogP contribution < -0.4 is 5.32 Å². The molecule has 92 valence electrons. The summed E-state index contributed by atoms with van der Waals surface area (Å²) in [6, 6.07) is 3.93. The van der Waals surface area contributed by atoms with Gasteiger partial charge in [0, 0.05) is 37.9 Å². The van der Waals surface area contributed by atoms with Gasteiger partial charge < -0.3 is 10.2 Å². The van der Waals surface area contributed by atoms with Crippen LogP contribution in [0.4, 0.5) is 0 Å². The number of carbonyl (C=O) groups excluding carboxylic acids is 1. The van der Waals surface area contributed by atoms with Crippen LogP contribution in [0.25, 0.3) is 0 Å². The predicted octanol–water partition coefficient (Wildman–Crippen LogP) is 1.04. The minimum atomic E-state index is 0.0668. The minimum Gasteiger partial charge on any atom is -0.338 e. The highest BCUT2D eigenvalue weighted by molar-refractivity contribution is 5.78. The van der Waals surface area contributed by atoms with Gasteiger partial charge in [-0.3, -0.25) is 9.78 Å². The first-order valence-corrected chi connectivity index (χ1v) is 6.16. The van der Waals surface area contributed by atoms with Crippen molar-refractivity contribution in [3.63, 3.8) is 0 Å². The summed E-state index contributed by atoms with van der Waals surface area (Å²) in [6.45, 7) is 5.29. The number of pyridine rings is 1. The zero-order valence-electron chi connectivity index (χ0n) is 10.2. The first-order chi connectivity index (χ1) is 8.27. The third-order valence-electron chi connectivity index (χ3n) is 3.09. The fourth-order valence-corrected chi connectivity index (χ4v) is 2.09. The largest absolute Gasteiger partial charge is 0.338 e. The summed E-state index contributed by atoms with van der Waals surface area (Å²) in [7, 11) is 0. The van der Waals surface area contributed by atoms with E-state index in [9.17, 15) is 4.79 Å². The number of hydrogen-bond donors (Lipinski definition) is 1. The Kier molecular flexibility index (Phi) is 4.09. The molecule has 4 heteroatoms. The Balaban J connectivity index is 2.04. The van der Waals surface area contributed by atoms with Crippen molar-refractivity contribution in [3.05, 3.63) is 30.1 Å². The lowest BCUT2D eigenvalue weighted by atomic mass is 10.1. The lowest BCUT2D eigenvalue weighted by molar-refractivity contribution is -0.136. The Morgan fingerprint density at radius 1 is 1.47 bits per heavy atom. The quantitative estimate of drug-likeness (QED) is 0.830. The molecule has 0 spiro atoms. The molecule has 0 radical (unpaired) electrons. The first-order valence-electron chi connectivity index (χ1n) is 6.16. The molecule has 17 heavy (non-hydrogen) atoms. The molecule has 2 rings (SSSR count). The van der Waals surface area contributed by atoms with Crippen LogP contribution in [0.1, 0.15) is 18.9 Å². The molecule has 1 aliphatic heterocycles. The number of nitrogens with zero attached hydrogens (tertiary/aromatic N) is 2. The summed E-state index contributed by atoms with van der Waals surface area (Å²) >= 11 is 0. The molecule has 1 aromatic heterocycles. The van der Waals surface area contributed by atoms with Crippen molar-refractivity contribution < 1.29 is 4.79 Å². The van der Waals surface area contributed by atoms with Crippen molar-refractivity contribution in [2.75, 3.05) is 19.6 Å². The second kappa shape index (κ2) is 5.77. The highest BCUT2D eigenvalue weighted by Gasteiger charge is 2.21. The summed E-state index contributed by atoms with van der Waals surface area (Å²) < 4.78 is 0. The average molecular weight is 233 g/mol. The standard InChI is InChI=1S/C13H19N3O/c1-11-9-15-5-2-8-16(13(11)17)10-12-3-6-14-7-4-12/h3-4,6-7,11,15H,2,5,8-10H2,1H3. The Labute approximate surface area is 102 Å². The molecule has 1 aliphatic rings. The second-order valence-electron chi connectivity index (χ2n) is 4.57. The van der Waals surface area contributed by atoms with Gasteiger partial charge in [0.05, 0.1) is 0 Å². The van der Waals surface area contributed by atoms with E-state index >= 15 is 0 Å². The molecule has 0 aliphatic carbocycles. The third kappa shape index (κ3) is 3.27. The van der Waals surface area contributed by atoms with Gasteiger partial charge in [0.15, 0.2) is 0 Å². The van der Waals surface area contributed by atoms with Crippen LogP contribution in [0.2, 0.25) is 0 Å². The van der Waals surface area contributed by atoms with Crippen LogP contribution in [0.3, 0.4) is 0 Å². The predicted molar refractivity (Wildman–Crippen MR) is 66.3 cm³/mol. The number of amides is 1. The average Bonchev–Trinajstić information content (AvgIpc) is 2.36. The molecule has 1 atom stereocenters. The maximum atomic E-state index is 12.2. The van der Waals surface area contributed by atoms with Gasteiger partial charge >= 0.3 is 0 Å². The van der Waals surface area contributed by atoms with Crippen LogP contribution in [0.15, 0.2) is 24.5 Å². The highest BCUT2D eigenvalue weighted by atomic mass is 16.2. The molecule has 1 unspecified atom stereocenters. The molecule has 1 N–H and O–H groups in total. The number of nitrogens with one attached hydrogen (secondary N) is 1. The van der Waals surface area contributed by atoms with E-state index in [-0.39, 0.29) is 11.8 Å². The monoisotopic (exact) mass is 233 g/mol. The maximum Gasteiger partial charge on any atom is 0.226 e. The first kappa shape index (κ1) is 12.0. The molecular formula is C13H19N3O. The molecule has 0 aromatic carbocycles. The van der Waals surface area contributed by atoms with Gasteiger partial charge in [0.25, 0.3) is 0 Å². The van der Waals surface area contributed by atoms with E-state index in [2.05, 4.69) is 10.3 Å². The van der Waals surface area contributed by atoms with E-state index in [0.717, 1.165) is 31.6 Å². The number of carbonyl (C=O) groups is 1. The van der Waals surface area contributed by atoms with E-state index in [1.54, 1.807) is 12.4 Å². The topological polar surface area (TPSA) is 45.2 Å². The Morgan fingerprint density at radius 2 is 2.24 bits per heavy atom. The summed E-state index contributed by atoms with van der Waals surface area (Å²) in [5.74, 6) is 0.311. The molecule has 0 saturated carbocycles. The number of hydrogen-bond acceptors (Lipinski definition) is 3. The van der Waals surface area contributed by atoms with Crippen molar-refractivity contribution in [2.24, 2.45) is 5.92 Å². The third-order valence-corrected chi connectivity index (χ3v) is 3.09. The summed E-state index contributed by atoms with van der Waals surface area (Å²) in [4.78, 5) is 18.1. The Hall–Kier alpha value is -1.42. The molecular weight excluding hydrogens is 214 g/mol. The molecule has 4 nitrogen and oxygen atoms in total. The van der Waals surface area contributed by atoms with Gasteiger partial charge in [-0.2, -0.15) is 0 Å². The van der Waals surface area contributed by atoms with E-state index in [0.29, 0.717) is 6.54 Å². The van der Waals surface area contributed by atoms with Gasteiger partial charge in [0.1, 0.15) is 0 Å². The lowest BCUT2D eigenvalue weighted by Crippen LogP contribution is -2.42. The molecule has 1 saturated heterocycles.